The van der Waals surface area contributed by atoms with Gasteiger partial charge in [-0.25, -0.2) is 0 Å². The number of aromatic nitrogens is 2. The number of hydrogen-bond donors (Lipinski definition) is 0. The molecule has 0 saturated carbocycles. The Kier molecular flexibility index (Phi) is 3.27. The fourth-order valence-electron chi connectivity index (χ4n) is 1.12. The summed E-state index contributed by atoms with van der Waals surface area (Å²) in [5.41, 5.74) is 0. The van der Waals surface area contributed by atoms with Crippen molar-refractivity contribution in [1.29, 1.82) is 5.26 Å². The SMILES string of the molecule is N#CC1CN1C(=O)CSc1ccc(Cl)nn1. The number of nitriles is 1. The van der Waals surface area contributed by atoms with Gasteiger partial charge < -0.3 is 4.90 Å². The number of nitrogens with zero attached hydrogens (tertiary/aromatic N) is 4. The average Bonchev–Trinajstić information content (AvgIpc) is 3.07. The Morgan fingerprint density at radius 3 is 3.06 bits per heavy atom. The topological polar surface area (TPSA) is 69.7 Å². The lowest BCUT2D eigenvalue weighted by Crippen LogP contribution is -2.15. The molecule has 16 heavy (non-hydrogen) atoms. The molecule has 5 nitrogen and oxygen atoms in total. The van der Waals surface area contributed by atoms with E-state index in [0.717, 1.165) is 0 Å². The van der Waals surface area contributed by atoms with Gasteiger partial charge in [0.2, 0.25) is 5.91 Å². The van der Waals surface area contributed by atoms with Crippen molar-refractivity contribution >= 4 is 29.3 Å². The summed E-state index contributed by atoms with van der Waals surface area (Å²) >= 11 is 6.86. The van der Waals surface area contributed by atoms with E-state index >= 15 is 0 Å². The third kappa shape index (κ3) is 2.62. The van der Waals surface area contributed by atoms with Gasteiger partial charge in [0.15, 0.2) is 5.15 Å². The van der Waals surface area contributed by atoms with Gasteiger partial charge in [0.05, 0.1) is 18.4 Å². The summed E-state index contributed by atoms with van der Waals surface area (Å²) in [6.07, 6.45) is 0. The van der Waals surface area contributed by atoms with Crippen molar-refractivity contribution in [1.82, 2.24) is 15.1 Å². The summed E-state index contributed by atoms with van der Waals surface area (Å²) in [6.45, 7) is 0.544. The Bertz CT molecular complexity index is 444. The first-order valence-corrected chi connectivity index (χ1v) is 5.88. The zero-order valence-electron chi connectivity index (χ0n) is 8.13. The van der Waals surface area contributed by atoms with Crippen LogP contribution in [-0.4, -0.2) is 39.3 Å². The zero-order chi connectivity index (χ0) is 11.5. The minimum atomic E-state index is -0.232. The largest absolute Gasteiger partial charge is 0.321 e. The highest BCUT2D eigenvalue weighted by molar-refractivity contribution is 7.99. The van der Waals surface area contributed by atoms with Crippen LogP contribution >= 0.6 is 23.4 Å². The maximum absolute atomic E-state index is 11.5. The number of amides is 1. The van der Waals surface area contributed by atoms with Crippen LogP contribution in [0.2, 0.25) is 5.15 Å². The predicted molar refractivity (Wildman–Crippen MR) is 58.9 cm³/mol. The molecule has 2 rings (SSSR count). The van der Waals surface area contributed by atoms with Crippen molar-refractivity contribution in [2.24, 2.45) is 0 Å². The van der Waals surface area contributed by atoms with Gasteiger partial charge in [0, 0.05) is 0 Å². The van der Waals surface area contributed by atoms with Crippen molar-refractivity contribution in [2.45, 2.75) is 11.1 Å². The Labute approximate surface area is 101 Å². The molecule has 1 unspecified atom stereocenters. The molecule has 0 bridgehead atoms. The second kappa shape index (κ2) is 4.68. The highest BCUT2D eigenvalue weighted by Gasteiger charge is 2.37. The van der Waals surface area contributed by atoms with Crippen LogP contribution in [0.3, 0.4) is 0 Å². The van der Waals surface area contributed by atoms with Crippen molar-refractivity contribution in [3.8, 4) is 6.07 Å². The van der Waals surface area contributed by atoms with Gasteiger partial charge in [-0.2, -0.15) is 5.26 Å². The van der Waals surface area contributed by atoms with Crippen LogP contribution in [0.5, 0.6) is 0 Å². The second-order valence-electron chi connectivity index (χ2n) is 3.17. The lowest BCUT2D eigenvalue weighted by molar-refractivity contribution is -0.123. The number of rotatable bonds is 3. The number of halogens is 1. The maximum atomic E-state index is 11.5. The Morgan fingerprint density at radius 1 is 1.69 bits per heavy atom. The summed E-state index contributed by atoms with van der Waals surface area (Å²) in [4.78, 5) is 13.0. The van der Waals surface area contributed by atoms with Crippen LogP contribution in [0.25, 0.3) is 0 Å². The van der Waals surface area contributed by atoms with Crippen LogP contribution < -0.4 is 0 Å². The van der Waals surface area contributed by atoms with Crippen molar-refractivity contribution in [3.63, 3.8) is 0 Å². The van der Waals surface area contributed by atoms with Gasteiger partial charge in [-0.15, -0.1) is 10.2 Å². The van der Waals surface area contributed by atoms with Gasteiger partial charge in [-0.1, -0.05) is 23.4 Å². The van der Waals surface area contributed by atoms with Gasteiger partial charge in [-0.3, -0.25) is 4.79 Å². The van der Waals surface area contributed by atoms with E-state index in [1.807, 2.05) is 6.07 Å². The fraction of sp³-hybridized carbons (Fsp3) is 0.333. The summed E-state index contributed by atoms with van der Waals surface area (Å²) in [6, 6.07) is 5.12. The molecular formula is C9H7ClN4OS. The molecule has 1 aliphatic rings. The summed E-state index contributed by atoms with van der Waals surface area (Å²) < 4.78 is 0. The maximum Gasteiger partial charge on any atom is 0.234 e. The molecule has 0 N–H and O–H groups in total. The molecule has 1 atom stereocenters. The third-order valence-corrected chi connectivity index (χ3v) is 3.14. The molecule has 1 aliphatic heterocycles. The van der Waals surface area contributed by atoms with E-state index in [4.69, 9.17) is 16.9 Å². The zero-order valence-corrected chi connectivity index (χ0v) is 9.70. The third-order valence-electron chi connectivity index (χ3n) is 2.03. The van der Waals surface area contributed by atoms with Crippen LogP contribution in [0.4, 0.5) is 0 Å². The molecule has 0 radical (unpaired) electrons. The first-order valence-electron chi connectivity index (χ1n) is 4.52. The highest BCUT2D eigenvalue weighted by atomic mass is 35.5. The van der Waals surface area contributed by atoms with E-state index in [-0.39, 0.29) is 17.7 Å². The molecule has 82 valence electrons. The minimum absolute atomic E-state index is 0.0479. The van der Waals surface area contributed by atoms with Gasteiger partial charge in [0.25, 0.3) is 0 Å². The van der Waals surface area contributed by atoms with Gasteiger partial charge >= 0.3 is 0 Å². The quantitative estimate of drug-likeness (QED) is 0.594. The van der Waals surface area contributed by atoms with E-state index in [2.05, 4.69) is 10.2 Å². The van der Waals surface area contributed by atoms with E-state index in [0.29, 0.717) is 16.7 Å². The second-order valence-corrected chi connectivity index (χ2v) is 4.56. The molecule has 1 amide bonds. The molecule has 7 heteroatoms. The fourth-order valence-corrected chi connectivity index (χ4v) is 1.93. The number of carbonyl (C=O) groups excluding carboxylic acids is 1. The summed E-state index contributed by atoms with van der Waals surface area (Å²) in [5.74, 6) is 0.224. The summed E-state index contributed by atoms with van der Waals surface area (Å²) in [7, 11) is 0. The first kappa shape index (κ1) is 11.2. The molecule has 0 aliphatic carbocycles. The van der Waals surface area contributed by atoms with Crippen LogP contribution in [-0.2, 0) is 4.79 Å². The van der Waals surface area contributed by atoms with Crippen molar-refractivity contribution < 1.29 is 4.79 Å². The number of thioether (sulfide) groups is 1. The smallest absolute Gasteiger partial charge is 0.234 e. The number of hydrogen-bond acceptors (Lipinski definition) is 5. The van der Waals surface area contributed by atoms with E-state index in [1.165, 1.54) is 16.7 Å². The molecule has 1 saturated heterocycles. The molecule has 2 heterocycles. The molecule has 1 aromatic rings. The standard InChI is InChI=1S/C9H7ClN4OS/c10-7-1-2-8(13-12-7)16-5-9(15)14-4-6(14)3-11/h1-2,6H,4-5H2. The lowest BCUT2D eigenvalue weighted by Gasteiger charge is -2.00. The van der Waals surface area contributed by atoms with Crippen LogP contribution in [0, 0.1) is 11.3 Å². The molecule has 0 spiro atoms. The minimum Gasteiger partial charge on any atom is -0.321 e. The predicted octanol–water partition coefficient (Wildman–Crippen LogP) is 0.956. The average molecular weight is 255 g/mol. The lowest BCUT2D eigenvalue weighted by atomic mass is 10.5. The van der Waals surface area contributed by atoms with Crippen molar-refractivity contribution in [3.05, 3.63) is 17.3 Å². The molecule has 0 aromatic carbocycles. The van der Waals surface area contributed by atoms with E-state index < -0.39 is 0 Å². The Hall–Kier alpha value is -1.32. The van der Waals surface area contributed by atoms with E-state index in [9.17, 15) is 4.79 Å². The molecule has 1 fully saturated rings. The van der Waals surface area contributed by atoms with E-state index in [1.54, 1.807) is 12.1 Å². The van der Waals surface area contributed by atoms with Gasteiger partial charge in [0.1, 0.15) is 11.1 Å². The monoisotopic (exact) mass is 254 g/mol. The summed E-state index contributed by atoms with van der Waals surface area (Å²) in [5, 5.41) is 17.0. The first-order chi connectivity index (χ1) is 7.70. The Morgan fingerprint density at radius 2 is 2.50 bits per heavy atom. The number of carbonyl (C=O) groups is 1. The van der Waals surface area contributed by atoms with Gasteiger partial charge in [-0.05, 0) is 12.1 Å². The molecular weight excluding hydrogens is 248 g/mol. The highest BCUT2D eigenvalue weighted by Crippen LogP contribution is 2.21. The molecule has 1 aromatic heterocycles. The van der Waals surface area contributed by atoms with Crippen LogP contribution in [0.1, 0.15) is 0 Å². The van der Waals surface area contributed by atoms with Crippen LogP contribution in [0.15, 0.2) is 17.2 Å². The Balaban J connectivity index is 1.82. The van der Waals surface area contributed by atoms with Crippen molar-refractivity contribution in [2.75, 3.05) is 12.3 Å². The normalized spacial score (nSPS) is 18.0.